The minimum atomic E-state index is -0.0598. The molecule has 0 atom stereocenters. The maximum Gasteiger partial charge on any atom is 0.263 e. The van der Waals surface area contributed by atoms with Crippen molar-refractivity contribution in [1.82, 2.24) is 10.3 Å². The lowest BCUT2D eigenvalue weighted by atomic mass is 10.1. The normalized spacial score (nSPS) is 10.8. The molecule has 1 rings (SSSR count). The Labute approximate surface area is 100 Å². The van der Waals surface area contributed by atoms with Crippen molar-refractivity contribution < 1.29 is 4.79 Å². The fourth-order valence-electron chi connectivity index (χ4n) is 1.42. The number of hydrogen-bond acceptors (Lipinski definition) is 4. The van der Waals surface area contributed by atoms with Crippen LogP contribution in [0.15, 0.2) is 0 Å². The van der Waals surface area contributed by atoms with Gasteiger partial charge < -0.3 is 11.1 Å². The number of carbonyl (C=O) groups is 1. The van der Waals surface area contributed by atoms with Crippen LogP contribution in [0.3, 0.4) is 0 Å². The standard InChI is InChI=1S/C11H19N3OS/c1-7(2)5-4-6-13-10(15)9-8(3)14-11(12)16-9/h7H,4-6H2,1-3H3,(H2,12,14)(H,13,15). The molecule has 0 aromatic carbocycles. The van der Waals surface area contributed by atoms with Gasteiger partial charge in [-0.3, -0.25) is 4.79 Å². The molecule has 4 nitrogen and oxygen atoms in total. The van der Waals surface area contributed by atoms with Crippen LogP contribution in [0, 0.1) is 12.8 Å². The number of anilines is 1. The van der Waals surface area contributed by atoms with Crippen LogP contribution in [0.4, 0.5) is 5.13 Å². The molecule has 0 radical (unpaired) electrons. The van der Waals surface area contributed by atoms with E-state index in [2.05, 4.69) is 24.1 Å². The van der Waals surface area contributed by atoms with Gasteiger partial charge >= 0.3 is 0 Å². The molecule has 0 bridgehead atoms. The first-order valence-corrected chi connectivity index (χ1v) is 6.33. The maximum atomic E-state index is 11.7. The lowest BCUT2D eigenvalue weighted by Crippen LogP contribution is -2.24. The predicted octanol–water partition coefficient (Wildman–Crippen LogP) is 2.20. The highest BCUT2D eigenvalue weighted by Crippen LogP contribution is 2.19. The van der Waals surface area contributed by atoms with Crippen LogP contribution in [0.1, 0.15) is 42.1 Å². The number of nitrogens with two attached hydrogens (primary N) is 1. The Morgan fingerprint density at radius 1 is 1.56 bits per heavy atom. The summed E-state index contributed by atoms with van der Waals surface area (Å²) in [6.45, 7) is 6.87. The average molecular weight is 241 g/mol. The molecule has 1 amide bonds. The second-order valence-corrected chi connectivity index (χ2v) is 5.29. The summed E-state index contributed by atoms with van der Waals surface area (Å²) in [5.41, 5.74) is 6.25. The number of aryl methyl sites for hydroxylation is 1. The van der Waals surface area contributed by atoms with Crippen LogP contribution >= 0.6 is 11.3 Å². The Morgan fingerprint density at radius 3 is 2.75 bits per heavy atom. The van der Waals surface area contributed by atoms with Gasteiger partial charge in [0.1, 0.15) is 4.88 Å². The van der Waals surface area contributed by atoms with E-state index in [0.717, 1.165) is 12.8 Å². The van der Waals surface area contributed by atoms with Crippen LogP contribution in [0.5, 0.6) is 0 Å². The first-order valence-electron chi connectivity index (χ1n) is 5.51. The molecule has 0 spiro atoms. The highest BCUT2D eigenvalue weighted by Gasteiger charge is 2.13. The van der Waals surface area contributed by atoms with Gasteiger partial charge in [0.2, 0.25) is 0 Å². The molecule has 0 aliphatic rings. The zero-order chi connectivity index (χ0) is 12.1. The molecule has 0 unspecified atom stereocenters. The van der Waals surface area contributed by atoms with Crippen molar-refractivity contribution >= 4 is 22.4 Å². The van der Waals surface area contributed by atoms with E-state index in [9.17, 15) is 4.79 Å². The number of nitrogen functional groups attached to an aromatic ring is 1. The van der Waals surface area contributed by atoms with E-state index in [0.29, 0.717) is 28.2 Å². The van der Waals surface area contributed by atoms with Gasteiger partial charge in [0.15, 0.2) is 5.13 Å². The molecule has 90 valence electrons. The Balaban J connectivity index is 2.38. The van der Waals surface area contributed by atoms with Crippen molar-refractivity contribution in [1.29, 1.82) is 0 Å². The van der Waals surface area contributed by atoms with E-state index in [1.807, 2.05) is 0 Å². The monoisotopic (exact) mass is 241 g/mol. The molecule has 0 fully saturated rings. The largest absolute Gasteiger partial charge is 0.375 e. The SMILES string of the molecule is Cc1nc(N)sc1C(=O)NCCCC(C)C. The molecule has 0 aliphatic carbocycles. The van der Waals surface area contributed by atoms with Crippen molar-refractivity contribution in [3.8, 4) is 0 Å². The van der Waals surface area contributed by atoms with Gasteiger partial charge in [0.25, 0.3) is 5.91 Å². The first kappa shape index (κ1) is 13.0. The number of hydrogen-bond donors (Lipinski definition) is 2. The van der Waals surface area contributed by atoms with Crippen LogP contribution in [0.2, 0.25) is 0 Å². The topological polar surface area (TPSA) is 68.0 Å². The van der Waals surface area contributed by atoms with Gasteiger partial charge in [-0.05, 0) is 25.7 Å². The summed E-state index contributed by atoms with van der Waals surface area (Å²) in [4.78, 5) is 16.4. The fraction of sp³-hybridized carbons (Fsp3) is 0.636. The number of nitrogens with one attached hydrogen (secondary N) is 1. The summed E-state index contributed by atoms with van der Waals surface area (Å²) in [5.74, 6) is 0.619. The molecule has 0 saturated carbocycles. The summed E-state index contributed by atoms with van der Waals surface area (Å²) in [6.07, 6.45) is 2.14. The Bertz CT molecular complexity index is 360. The summed E-state index contributed by atoms with van der Waals surface area (Å²) in [6, 6.07) is 0. The minimum Gasteiger partial charge on any atom is -0.375 e. The van der Waals surface area contributed by atoms with Gasteiger partial charge in [-0.25, -0.2) is 4.98 Å². The molecular weight excluding hydrogens is 222 g/mol. The van der Waals surface area contributed by atoms with Crippen molar-refractivity contribution in [3.63, 3.8) is 0 Å². The predicted molar refractivity (Wildman–Crippen MR) is 67.7 cm³/mol. The van der Waals surface area contributed by atoms with E-state index in [-0.39, 0.29) is 5.91 Å². The van der Waals surface area contributed by atoms with Gasteiger partial charge in [-0.15, -0.1) is 0 Å². The molecule has 3 N–H and O–H groups in total. The van der Waals surface area contributed by atoms with E-state index < -0.39 is 0 Å². The third-order valence-electron chi connectivity index (χ3n) is 2.26. The highest BCUT2D eigenvalue weighted by molar-refractivity contribution is 7.17. The third-order valence-corrected chi connectivity index (χ3v) is 3.25. The van der Waals surface area contributed by atoms with Gasteiger partial charge in [-0.1, -0.05) is 25.2 Å². The number of carbonyl (C=O) groups excluding carboxylic acids is 1. The van der Waals surface area contributed by atoms with Gasteiger partial charge in [0, 0.05) is 6.54 Å². The smallest absolute Gasteiger partial charge is 0.263 e. The van der Waals surface area contributed by atoms with Crippen molar-refractivity contribution in [3.05, 3.63) is 10.6 Å². The van der Waals surface area contributed by atoms with Gasteiger partial charge in [-0.2, -0.15) is 0 Å². The maximum absolute atomic E-state index is 11.7. The molecular formula is C11H19N3OS. The van der Waals surface area contributed by atoms with Crippen molar-refractivity contribution in [2.45, 2.75) is 33.6 Å². The van der Waals surface area contributed by atoms with E-state index in [4.69, 9.17) is 5.73 Å². The zero-order valence-electron chi connectivity index (χ0n) is 10.0. The van der Waals surface area contributed by atoms with Crippen LogP contribution < -0.4 is 11.1 Å². The fourth-order valence-corrected chi connectivity index (χ4v) is 2.17. The summed E-state index contributed by atoms with van der Waals surface area (Å²) < 4.78 is 0. The second-order valence-electron chi connectivity index (χ2n) is 4.26. The highest BCUT2D eigenvalue weighted by atomic mass is 32.1. The number of rotatable bonds is 5. The summed E-state index contributed by atoms with van der Waals surface area (Å²) >= 11 is 1.24. The quantitative estimate of drug-likeness (QED) is 0.776. The van der Waals surface area contributed by atoms with Crippen molar-refractivity contribution in [2.24, 2.45) is 5.92 Å². The molecule has 0 aliphatic heterocycles. The molecule has 16 heavy (non-hydrogen) atoms. The zero-order valence-corrected chi connectivity index (χ0v) is 10.9. The summed E-state index contributed by atoms with van der Waals surface area (Å²) in [7, 11) is 0. The Morgan fingerprint density at radius 2 is 2.25 bits per heavy atom. The van der Waals surface area contributed by atoms with Crippen LogP contribution in [-0.4, -0.2) is 17.4 Å². The third kappa shape index (κ3) is 3.81. The molecule has 0 saturated heterocycles. The Hall–Kier alpha value is -1.10. The lowest BCUT2D eigenvalue weighted by molar-refractivity contribution is 0.0956. The number of nitrogens with zero attached hydrogens (tertiary/aromatic N) is 1. The van der Waals surface area contributed by atoms with E-state index >= 15 is 0 Å². The number of aromatic nitrogens is 1. The minimum absolute atomic E-state index is 0.0598. The number of thiazole rings is 1. The molecule has 1 aromatic rings. The second kappa shape index (κ2) is 5.84. The Kier molecular flexibility index (Phi) is 4.73. The summed E-state index contributed by atoms with van der Waals surface area (Å²) in [5, 5.41) is 3.33. The van der Waals surface area contributed by atoms with Gasteiger partial charge in [0.05, 0.1) is 5.69 Å². The molecule has 5 heteroatoms. The van der Waals surface area contributed by atoms with Crippen molar-refractivity contribution in [2.75, 3.05) is 12.3 Å². The molecule has 1 heterocycles. The molecule has 1 aromatic heterocycles. The first-order chi connectivity index (χ1) is 7.50. The van der Waals surface area contributed by atoms with Crippen LogP contribution in [-0.2, 0) is 0 Å². The van der Waals surface area contributed by atoms with Crippen LogP contribution in [0.25, 0.3) is 0 Å². The van der Waals surface area contributed by atoms with E-state index in [1.165, 1.54) is 11.3 Å². The lowest BCUT2D eigenvalue weighted by Gasteiger charge is -2.05. The number of amides is 1. The van der Waals surface area contributed by atoms with E-state index in [1.54, 1.807) is 6.92 Å². The average Bonchev–Trinajstić information content (AvgIpc) is 2.52.